The molecule has 2 heterocycles. The van der Waals surface area contributed by atoms with Crippen LogP contribution in [0.3, 0.4) is 0 Å². The average Bonchev–Trinajstić information content (AvgIpc) is 3.33. The van der Waals surface area contributed by atoms with Crippen LogP contribution in [0.15, 0.2) is 47.8 Å². The van der Waals surface area contributed by atoms with Gasteiger partial charge in [-0.2, -0.15) is 0 Å². The van der Waals surface area contributed by atoms with Gasteiger partial charge in [-0.15, -0.1) is 11.3 Å². The van der Waals surface area contributed by atoms with E-state index in [1.165, 1.54) is 6.07 Å². The van der Waals surface area contributed by atoms with Gasteiger partial charge in [0.05, 0.1) is 37.8 Å². The van der Waals surface area contributed by atoms with E-state index in [1.54, 1.807) is 25.6 Å². The second-order valence-electron chi connectivity index (χ2n) is 7.51. The topological polar surface area (TPSA) is 93.9 Å². The molecule has 0 aliphatic carbocycles. The van der Waals surface area contributed by atoms with E-state index in [0.717, 1.165) is 28.1 Å². The molecule has 0 radical (unpaired) electrons. The first-order valence-corrected chi connectivity index (χ1v) is 11.0. The minimum atomic E-state index is -0.741. The Morgan fingerprint density at radius 2 is 2.00 bits per heavy atom. The molecular formula is C23H22FN3O5S. The number of hydrogen-bond donors (Lipinski definition) is 1. The Morgan fingerprint density at radius 1 is 1.24 bits per heavy atom. The SMILES string of the molecule is COc1cc2c(cc1OC)[C@@H](c1cccs1)N(CC(=O)Nc1ccc(F)cc1[N+](=O)[O-])CC2. The maximum Gasteiger partial charge on any atom is 0.295 e. The Hall–Kier alpha value is -3.50. The molecule has 33 heavy (non-hydrogen) atoms. The highest BCUT2D eigenvalue weighted by atomic mass is 32.1. The largest absolute Gasteiger partial charge is 0.493 e. The number of carbonyl (C=O) groups excluding carboxylic acids is 1. The number of nitro groups is 1. The lowest BCUT2D eigenvalue weighted by atomic mass is 9.91. The third kappa shape index (κ3) is 4.67. The molecule has 0 spiro atoms. The van der Waals surface area contributed by atoms with Gasteiger partial charge in [0.25, 0.3) is 5.69 Å². The molecule has 4 rings (SSSR count). The number of fused-ring (bicyclic) bond motifs is 1. The van der Waals surface area contributed by atoms with Crippen molar-refractivity contribution in [3.8, 4) is 11.5 Å². The highest BCUT2D eigenvalue weighted by Gasteiger charge is 2.32. The molecule has 10 heteroatoms. The Morgan fingerprint density at radius 3 is 2.67 bits per heavy atom. The van der Waals surface area contributed by atoms with Gasteiger partial charge < -0.3 is 14.8 Å². The Balaban J connectivity index is 1.63. The lowest BCUT2D eigenvalue weighted by Crippen LogP contribution is -2.41. The number of anilines is 1. The molecule has 1 aromatic heterocycles. The van der Waals surface area contributed by atoms with Gasteiger partial charge in [-0.25, -0.2) is 4.39 Å². The Labute approximate surface area is 193 Å². The zero-order valence-electron chi connectivity index (χ0n) is 18.0. The van der Waals surface area contributed by atoms with Gasteiger partial charge >= 0.3 is 0 Å². The van der Waals surface area contributed by atoms with Crippen LogP contribution in [-0.4, -0.2) is 43.0 Å². The van der Waals surface area contributed by atoms with Crippen molar-refractivity contribution >= 4 is 28.6 Å². The Bertz CT molecular complexity index is 1190. The smallest absolute Gasteiger partial charge is 0.295 e. The van der Waals surface area contributed by atoms with Gasteiger partial charge in [-0.3, -0.25) is 19.8 Å². The number of hydrogen-bond acceptors (Lipinski definition) is 7. The van der Waals surface area contributed by atoms with E-state index in [-0.39, 0.29) is 18.3 Å². The fraction of sp³-hybridized carbons (Fsp3) is 0.261. The van der Waals surface area contributed by atoms with E-state index in [4.69, 9.17) is 9.47 Å². The first-order chi connectivity index (χ1) is 15.9. The van der Waals surface area contributed by atoms with Gasteiger partial charge in [0.1, 0.15) is 11.5 Å². The van der Waals surface area contributed by atoms with Crippen molar-refractivity contribution in [2.24, 2.45) is 0 Å². The molecule has 1 aliphatic rings. The van der Waals surface area contributed by atoms with Crippen LogP contribution in [0, 0.1) is 15.9 Å². The molecule has 1 N–H and O–H groups in total. The van der Waals surface area contributed by atoms with Crippen LogP contribution >= 0.6 is 11.3 Å². The normalized spacial score (nSPS) is 15.5. The highest BCUT2D eigenvalue weighted by Crippen LogP contribution is 2.42. The summed E-state index contributed by atoms with van der Waals surface area (Å²) in [4.78, 5) is 26.5. The minimum Gasteiger partial charge on any atom is -0.493 e. The highest BCUT2D eigenvalue weighted by molar-refractivity contribution is 7.10. The predicted molar refractivity (Wildman–Crippen MR) is 123 cm³/mol. The molecule has 1 amide bonds. The number of benzene rings is 2. The number of methoxy groups -OCH3 is 2. The molecule has 0 fully saturated rings. The van der Waals surface area contributed by atoms with Crippen molar-refractivity contribution in [2.75, 3.05) is 32.6 Å². The minimum absolute atomic E-state index is 0.00484. The molecule has 1 aliphatic heterocycles. The van der Waals surface area contributed by atoms with Gasteiger partial charge in [0, 0.05) is 11.4 Å². The standard InChI is InChI=1S/C23H22FN3O5S/c1-31-19-10-14-7-8-26(23(21-4-3-9-33-21)16(14)12-20(19)32-2)13-22(28)25-17-6-5-15(24)11-18(17)27(29)30/h3-6,9-12,23H,7-8,13H2,1-2H3,(H,25,28)/t23-/m0/s1. The van der Waals surface area contributed by atoms with Crippen molar-refractivity contribution in [3.05, 3.63) is 79.8 Å². The van der Waals surface area contributed by atoms with Crippen LogP contribution < -0.4 is 14.8 Å². The number of halogens is 1. The summed E-state index contributed by atoms with van der Waals surface area (Å²) in [6.07, 6.45) is 0.696. The number of nitro benzene ring substituents is 1. The molecule has 0 saturated heterocycles. The summed E-state index contributed by atoms with van der Waals surface area (Å²) in [6, 6.07) is 10.7. The molecule has 3 aromatic rings. The van der Waals surface area contributed by atoms with Crippen LogP contribution in [0.5, 0.6) is 11.5 Å². The lowest BCUT2D eigenvalue weighted by Gasteiger charge is -2.37. The molecule has 172 valence electrons. The van der Waals surface area contributed by atoms with Crippen LogP contribution in [0.4, 0.5) is 15.8 Å². The number of nitrogens with zero attached hydrogens (tertiary/aromatic N) is 2. The maximum absolute atomic E-state index is 13.4. The van der Waals surface area contributed by atoms with Gasteiger partial charge in [-0.05, 0) is 53.3 Å². The number of amides is 1. The van der Waals surface area contributed by atoms with Crippen molar-refractivity contribution in [1.82, 2.24) is 4.90 Å². The fourth-order valence-electron chi connectivity index (χ4n) is 4.08. The van der Waals surface area contributed by atoms with Crippen molar-refractivity contribution < 1.29 is 23.6 Å². The number of ether oxygens (including phenoxy) is 2. The van der Waals surface area contributed by atoms with Gasteiger partial charge in [0.15, 0.2) is 11.5 Å². The third-order valence-corrected chi connectivity index (χ3v) is 6.49. The first-order valence-electron chi connectivity index (χ1n) is 10.2. The zero-order valence-corrected chi connectivity index (χ0v) is 18.9. The molecular weight excluding hydrogens is 449 g/mol. The zero-order chi connectivity index (χ0) is 23.5. The van der Waals surface area contributed by atoms with Crippen LogP contribution in [-0.2, 0) is 11.2 Å². The second-order valence-corrected chi connectivity index (χ2v) is 8.49. The monoisotopic (exact) mass is 471 g/mol. The summed E-state index contributed by atoms with van der Waals surface area (Å²) in [5.41, 5.74) is 1.60. The fourth-order valence-corrected chi connectivity index (χ4v) is 4.96. The van der Waals surface area contributed by atoms with E-state index in [1.807, 2.05) is 34.5 Å². The second kappa shape index (κ2) is 9.55. The molecule has 1 atom stereocenters. The lowest BCUT2D eigenvalue weighted by molar-refractivity contribution is -0.384. The van der Waals surface area contributed by atoms with Crippen molar-refractivity contribution in [2.45, 2.75) is 12.5 Å². The summed E-state index contributed by atoms with van der Waals surface area (Å²) in [5, 5.41) is 15.8. The molecule has 0 unspecified atom stereocenters. The summed E-state index contributed by atoms with van der Waals surface area (Å²) < 4.78 is 24.4. The first kappa shape index (κ1) is 22.7. The maximum atomic E-state index is 13.4. The third-order valence-electron chi connectivity index (χ3n) is 5.56. The van der Waals surface area contributed by atoms with Crippen molar-refractivity contribution in [1.29, 1.82) is 0 Å². The summed E-state index contributed by atoms with van der Waals surface area (Å²) in [6.45, 7) is 0.606. The van der Waals surface area contributed by atoms with E-state index >= 15 is 0 Å². The van der Waals surface area contributed by atoms with E-state index in [2.05, 4.69) is 5.32 Å². The number of thiophene rings is 1. The molecule has 8 nitrogen and oxygen atoms in total. The molecule has 2 aromatic carbocycles. The van der Waals surface area contributed by atoms with Crippen LogP contribution in [0.1, 0.15) is 22.0 Å². The van der Waals surface area contributed by atoms with Crippen LogP contribution in [0.25, 0.3) is 0 Å². The number of nitrogens with one attached hydrogen (secondary N) is 1. The van der Waals surface area contributed by atoms with Gasteiger partial charge in [0.2, 0.25) is 5.91 Å². The summed E-state index contributed by atoms with van der Waals surface area (Å²) in [7, 11) is 3.17. The summed E-state index contributed by atoms with van der Waals surface area (Å²) in [5.74, 6) is 0.0895. The average molecular weight is 472 g/mol. The van der Waals surface area contributed by atoms with Gasteiger partial charge in [-0.1, -0.05) is 6.07 Å². The van der Waals surface area contributed by atoms with E-state index in [0.29, 0.717) is 24.5 Å². The van der Waals surface area contributed by atoms with Crippen LogP contribution in [0.2, 0.25) is 0 Å². The molecule has 0 bridgehead atoms. The van der Waals surface area contributed by atoms with E-state index in [9.17, 15) is 19.3 Å². The number of carbonyl (C=O) groups is 1. The van der Waals surface area contributed by atoms with Crippen molar-refractivity contribution in [3.63, 3.8) is 0 Å². The predicted octanol–water partition coefficient (Wildman–Crippen LogP) is 4.40. The Kier molecular flexibility index (Phi) is 6.57. The molecule has 0 saturated carbocycles. The van der Waals surface area contributed by atoms with E-state index < -0.39 is 22.3 Å². The summed E-state index contributed by atoms with van der Waals surface area (Å²) >= 11 is 1.58. The number of rotatable bonds is 7. The quantitative estimate of drug-likeness (QED) is 0.406.